The maximum Gasteiger partial charge on any atom is 0.449 e. The van der Waals surface area contributed by atoms with Crippen LogP contribution < -0.4 is 9.92 Å². The van der Waals surface area contributed by atoms with Crippen LogP contribution in [0.3, 0.4) is 0 Å². The number of hydrogen-bond donors (Lipinski definition) is 3. The third-order valence-corrected chi connectivity index (χ3v) is 1.50. The maximum atomic E-state index is 10.2. The summed E-state index contributed by atoms with van der Waals surface area (Å²) < 4.78 is 32.7. The molecule has 0 radical (unpaired) electrons. The van der Waals surface area contributed by atoms with Crippen molar-refractivity contribution in [2.24, 2.45) is 0 Å². The number of aromatic amines is 1. The van der Waals surface area contributed by atoms with Gasteiger partial charge in [-0.05, 0) is 0 Å². The van der Waals surface area contributed by atoms with Crippen molar-refractivity contribution in [3.8, 4) is 6.01 Å². The first-order chi connectivity index (χ1) is 5.87. The number of rotatable bonds is 2. The van der Waals surface area contributed by atoms with Gasteiger partial charge in [0, 0.05) is 6.07 Å². The molecule has 0 unspecified atom stereocenters. The molecule has 4 N–H and O–H groups in total. The molecule has 0 bridgehead atoms. The fraction of sp³-hybridized carbons (Fsp3) is 0. The molecule has 0 saturated carbocycles. The van der Waals surface area contributed by atoms with Crippen LogP contribution in [0.5, 0.6) is 6.01 Å². The summed E-state index contributed by atoms with van der Waals surface area (Å²) in [4.78, 5) is 5.68. The molecule has 0 aromatic carbocycles. The van der Waals surface area contributed by atoms with Crippen molar-refractivity contribution < 1.29 is 17.2 Å². The van der Waals surface area contributed by atoms with Crippen molar-refractivity contribution in [2.75, 3.05) is 5.73 Å². The summed E-state index contributed by atoms with van der Waals surface area (Å²) in [6.07, 6.45) is 0. The molecule has 0 atom stereocenters. The lowest BCUT2D eigenvalue weighted by Gasteiger charge is -2.00. The lowest BCUT2D eigenvalue weighted by molar-refractivity contribution is 0.374. The third kappa shape index (κ3) is 3.36. The molecule has 1 aromatic rings. The summed E-state index contributed by atoms with van der Waals surface area (Å²) in [6.45, 7) is 0. The number of aromatic nitrogens is 2. The van der Waals surface area contributed by atoms with Gasteiger partial charge in [0.2, 0.25) is 0 Å². The van der Waals surface area contributed by atoms with Crippen molar-refractivity contribution in [2.45, 2.75) is 0 Å². The monoisotopic (exact) mass is 223 g/mol. The Labute approximate surface area is 78.5 Å². The molecule has 72 valence electrons. The average Bonchev–Trinajstić information content (AvgIpc) is 1.78. The van der Waals surface area contributed by atoms with Gasteiger partial charge in [-0.1, -0.05) is 12.2 Å². The minimum atomic E-state index is -4.61. The van der Waals surface area contributed by atoms with E-state index in [-0.39, 0.29) is 10.5 Å². The molecule has 7 nitrogen and oxygen atoms in total. The van der Waals surface area contributed by atoms with Gasteiger partial charge in [-0.3, -0.25) is 9.54 Å². The summed E-state index contributed by atoms with van der Waals surface area (Å²) in [5.74, 6) is 0.0821. The van der Waals surface area contributed by atoms with E-state index in [4.69, 9.17) is 10.3 Å². The number of H-pyrrole nitrogens is 1. The number of nitrogens with two attached hydrogens (primary N) is 1. The molecule has 0 aliphatic rings. The molecule has 13 heavy (non-hydrogen) atoms. The van der Waals surface area contributed by atoms with Gasteiger partial charge < -0.3 is 9.92 Å². The number of anilines is 1. The third-order valence-electron chi connectivity index (χ3n) is 0.926. The van der Waals surface area contributed by atoms with Crippen molar-refractivity contribution >= 4 is 28.4 Å². The molecular weight excluding hydrogens is 218 g/mol. The molecule has 0 fully saturated rings. The minimum absolute atomic E-state index is 0.0508. The van der Waals surface area contributed by atoms with Gasteiger partial charge in [-0.25, -0.2) is 0 Å². The second kappa shape index (κ2) is 3.28. The molecule has 1 rings (SSSR count). The standard InChI is InChI=1S/C4H5N3O4S2/c5-2-1-3(12)7-4(6-2)11-13(8,9)10/h1H,(H,8,9,10)(H3,5,6,7,12). The summed E-state index contributed by atoms with van der Waals surface area (Å²) in [5, 5.41) is 0. The summed E-state index contributed by atoms with van der Waals surface area (Å²) in [6, 6.07) is 0.819. The largest absolute Gasteiger partial charge is 0.449 e. The van der Waals surface area contributed by atoms with Crippen LogP contribution in [-0.2, 0) is 10.4 Å². The summed E-state index contributed by atoms with van der Waals surface area (Å²) >= 11 is 4.61. The first-order valence-corrected chi connectivity index (χ1v) is 4.68. The van der Waals surface area contributed by atoms with Crippen LogP contribution in [0, 0.1) is 4.64 Å². The minimum Gasteiger partial charge on any atom is -0.385 e. The zero-order chi connectivity index (χ0) is 10.1. The highest BCUT2D eigenvalue weighted by atomic mass is 32.3. The SMILES string of the molecule is Nc1cc(=S)nc(OS(=O)(=O)O)[nH]1. The predicted molar refractivity (Wildman–Crippen MR) is 46.0 cm³/mol. The van der Waals surface area contributed by atoms with Crippen LogP contribution >= 0.6 is 12.2 Å². The molecular formula is C4H5N3O4S2. The molecule has 0 spiro atoms. The first-order valence-electron chi connectivity index (χ1n) is 2.90. The average molecular weight is 223 g/mol. The number of nitrogens with one attached hydrogen (secondary N) is 1. The van der Waals surface area contributed by atoms with Crippen LogP contribution in [0.2, 0.25) is 0 Å². The van der Waals surface area contributed by atoms with Gasteiger partial charge in [0.1, 0.15) is 10.5 Å². The van der Waals surface area contributed by atoms with E-state index in [1.54, 1.807) is 0 Å². The zero-order valence-electron chi connectivity index (χ0n) is 6.09. The van der Waals surface area contributed by atoms with Crippen molar-refractivity contribution in [3.05, 3.63) is 10.7 Å². The van der Waals surface area contributed by atoms with Crippen molar-refractivity contribution in [1.29, 1.82) is 0 Å². The molecule has 0 aliphatic carbocycles. The second-order valence-electron chi connectivity index (χ2n) is 1.99. The number of hydrogen-bond acceptors (Lipinski definition) is 6. The van der Waals surface area contributed by atoms with Crippen LogP contribution in [0.4, 0.5) is 5.82 Å². The van der Waals surface area contributed by atoms with Crippen LogP contribution in [0.25, 0.3) is 0 Å². The van der Waals surface area contributed by atoms with Gasteiger partial charge in [0.25, 0.3) is 0 Å². The molecule has 1 aromatic heterocycles. The van der Waals surface area contributed by atoms with Gasteiger partial charge in [0.05, 0.1) is 0 Å². The van der Waals surface area contributed by atoms with Crippen molar-refractivity contribution in [3.63, 3.8) is 0 Å². The smallest absolute Gasteiger partial charge is 0.385 e. The summed E-state index contributed by atoms with van der Waals surface area (Å²) in [7, 11) is -4.61. The Morgan fingerprint density at radius 2 is 2.31 bits per heavy atom. The van der Waals surface area contributed by atoms with Gasteiger partial charge in [-0.2, -0.15) is 13.4 Å². The van der Waals surface area contributed by atoms with Gasteiger partial charge in [-0.15, -0.1) is 0 Å². The van der Waals surface area contributed by atoms with Gasteiger partial charge in [0.15, 0.2) is 0 Å². The van der Waals surface area contributed by atoms with Crippen LogP contribution in [-0.4, -0.2) is 22.9 Å². The Hall–Kier alpha value is -1.19. The fourth-order valence-corrected chi connectivity index (χ4v) is 1.08. The quantitative estimate of drug-likeness (QED) is 0.473. The molecule has 0 aliphatic heterocycles. The highest BCUT2D eigenvalue weighted by Gasteiger charge is 2.08. The fourth-order valence-electron chi connectivity index (χ4n) is 0.592. The van der Waals surface area contributed by atoms with E-state index < -0.39 is 16.4 Å². The Morgan fingerprint density at radius 1 is 1.69 bits per heavy atom. The normalized spacial score (nSPS) is 11.2. The second-order valence-corrected chi connectivity index (χ2v) is 3.43. The van der Waals surface area contributed by atoms with Crippen molar-refractivity contribution in [1.82, 2.24) is 9.97 Å². The van der Waals surface area contributed by atoms with E-state index in [0.717, 1.165) is 0 Å². The van der Waals surface area contributed by atoms with Crippen LogP contribution in [0.15, 0.2) is 6.07 Å². The number of nitrogen functional groups attached to an aromatic ring is 1. The van der Waals surface area contributed by atoms with Gasteiger partial charge >= 0.3 is 16.4 Å². The van der Waals surface area contributed by atoms with E-state index in [9.17, 15) is 8.42 Å². The van der Waals surface area contributed by atoms with E-state index in [1.165, 1.54) is 6.07 Å². The Bertz CT molecular complexity index is 465. The van der Waals surface area contributed by atoms with Crippen LogP contribution in [0.1, 0.15) is 0 Å². The Kier molecular flexibility index (Phi) is 2.50. The summed E-state index contributed by atoms with van der Waals surface area (Å²) in [5.41, 5.74) is 5.26. The van der Waals surface area contributed by atoms with E-state index in [1.807, 2.05) is 0 Å². The predicted octanol–water partition coefficient (Wildman–Crippen LogP) is -0.0970. The molecule has 9 heteroatoms. The van der Waals surface area contributed by atoms with E-state index in [0.29, 0.717) is 0 Å². The molecule has 0 amide bonds. The van der Waals surface area contributed by atoms with E-state index in [2.05, 4.69) is 26.4 Å². The lowest BCUT2D eigenvalue weighted by atomic mass is 10.6. The Morgan fingerprint density at radius 3 is 2.77 bits per heavy atom. The van der Waals surface area contributed by atoms with E-state index >= 15 is 0 Å². The number of nitrogens with zero attached hydrogens (tertiary/aromatic N) is 1. The zero-order valence-corrected chi connectivity index (χ0v) is 7.72. The highest BCUT2D eigenvalue weighted by Crippen LogP contribution is 2.07. The lowest BCUT2D eigenvalue weighted by Crippen LogP contribution is -2.09. The first kappa shape index (κ1) is 9.89. The highest BCUT2D eigenvalue weighted by molar-refractivity contribution is 7.81. The Balaban J connectivity index is 3.10. The topological polar surface area (TPSA) is 118 Å². The molecule has 0 saturated heterocycles. The molecule has 1 heterocycles. The maximum absolute atomic E-state index is 10.2.